The molecule has 0 unspecified atom stereocenters. The minimum Gasteiger partial charge on any atom is -0.499 e. The van der Waals surface area contributed by atoms with Gasteiger partial charge in [0.05, 0.1) is 6.26 Å². The molecule has 0 aromatic heterocycles. The molecule has 3 nitrogen and oxygen atoms in total. The first-order chi connectivity index (χ1) is 7.33. The first-order valence-corrected chi connectivity index (χ1v) is 5.96. The van der Waals surface area contributed by atoms with E-state index in [0.29, 0.717) is 6.61 Å². The number of nitrogens with zero attached hydrogens (tertiary/aromatic N) is 1. The number of β-amino-alcohol motifs (C(OH)–C–C–N with tert-alkyl or cyclic N) is 1. The molecule has 1 N–H and O–H groups in total. The average Bonchev–Trinajstić information content (AvgIpc) is 2.47. The van der Waals surface area contributed by atoms with Gasteiger partial charge in [-0.25, -0.2) is 0 Å². The summed E-state index contributed by atoms with van der Waals surface area (Å²) in [6, 6.07) is 0. The van der Waals surface area contributed by atoms with Crippen LogP contribution in [0.15, 0.2) is 12.3 Å². The Morgan fingerprint density at radius 3 is 2.53 bits per heavy atom. The molecule has 88 valence electrons. The third-order valence-electron chi connectivity index (χ3n) is 2.69. The van der Waals surface area contributed by atoms with E-state index in [4.69, 9.17) is 4.74 Å². The summed E-state index contributed by atoms with van der Waals surface area (Å²) in [6.45, 7) is 5.31. The molecule has 1 aliphatic rings. The second-order valence-corrected chi connectivity index (χ2v) is 4.17. The van der Waals surface area contributed by atoms with Crippen molar-refractivity contribution in [2.24, 2.45) is 0 Å². The van der Waals surface area contributed by atoms with E-state index in [1.54, 1.807) is 6.26 Å². The van der Waals surface area contributed by atoms with Gasteiger partial charge in [0.25, 0.3) is 0 Å². The molecular formula is C12H23NO2. The molecule has 15 heavy (non-hydrogen) atoms. The van der Waals surface area contributed by atoms with Gasteiger partial charge < -0.3 is 14.7 Å². The van der Waals surface area contributed by atoms with Crippen LogP contribution < -0.4 is 0 Å². The summed E-state index contributed by atoms with van der Waals surface area (Å²) in [6.07, 6.45) is 8.30. The highest BCUT2D eigenvalue weighted by Gasteiger charge is 2.13. The van der Waals surface area contributed by atoms with Crippen LogP contribution in [0.5, 0.6) is 0 Å². The summed E-state index contributed by atoms with van der Waals surface area (Å²) in [4.78, 5) is 2.34. The van der Waals surface area contributed by atoms with Gasteiger partial charge in [0, 0.05) is 6.54 Å². The Kier molecular flexibility index (Phi) is 6.44. The zero-order valence-corrected chi connectivity index (χ0v) is 9.69. The van der Waals surface area contributed by atoms with Crippen molar-refractivity contribution in [3.05, 3.63) is 12.3 Å². The van der Waals surface area contributed by atoms with Crippen LogP contribution in [-0.2, 0) is 4.74 Å². The topological polar surface area (TPSA) is 32.7 Å². The van der Waals surface area contributed by atoms with E-state index in [1.165, 1.54) is 25.7 Å². The van der Waals surface area contributed by atoms with Crippen molar-refractivity contribution in [1.82, 2.24) is 4.90 Å². The number of likely N-dealkylation sites (tertiary alicyclic amines) is 1. The summed E-state index contributed by atoms with van der Waals surface area (Å²) < 4.78 is 5.16. The molecule has 0 aromatic rings. The molecule has 1 saturated heterocycles. The molecular weight excluding hydrogens is 190 g/mol. The third kappa shape index (κ3) is 5.80. The van der Waals surface area contributed by atoms with Crippen molar-refractivity contribution >= 4 is 0 Å². The Bertz CT molecular complexity index is 174. The SMILES string of the molecule is C/C=C/OC[C@@H](O)CN1CCCCCC1. The van der Waals surface area contributed by atoms with Gasteiger partial charge in [0.15, 0.2) is 0 Å². The molecule has 1 heterocycles. The first kappa shape index (κ1) is 12.5. The highest BCUT2D eigenvalue weighted by atomic mass is 16.5. The average molecular weight is 213 g/mol. The highest BCUT2D eigenvalue weighted by molar-refractivity contribution is 4.70. The molecule has 0 bridgehead atoms. The Morgan fingerprint density at radius 1 is 1.27 bits per heavy atom. The Labute approximate surface area is 92.7 Å². The lowest BCUT2D eigenvalue weighted by Crippen LogP contribution is -2.35. The van der Waals surface area contributed by atoms with Crippen molar-refractivity contribution in [1.29, 1.82) is 0 Å². The Hall–Kier alpha value is -0.540. The van der Waals surface area contributed by atoms with Crippen molar-refractivity contribution < 1.29 is 9.84 Å². The number of hydrogen-bond donors (Lipinski definition) is 1. The first-order valence-electron chi connectivity index (χ1n) is 5.96. The third-order valence-corrected chi connectivity index (χ3v) is 2.69. The van der Waals surface area contributed by atoms with E-state index in [9.17, 15) is 5.11 Å². The van der Waals surface area contributed by atoms with Gasteiger partial charge >= 0.3 is 0 Å². The van der Waals surface area contributed by atoms with E-state index in [-0.39, 0.29) is 6.10 Å². The van der Waals surface area contributed by atoms with E-state index in [2.05, 4.69) is 4.90 Å². The molecule has 1 rings (SSSR count). The van der Waals surface area contributed by atoms with E-state index in [1.807, 2.05) is 13.0 Å². The van der Waals surface area contributed by atoms with Crippen molar-refractivity contribution in [2.75, 3.05) is 26.2 Å². The normalized spacial score (nSPS) is 21.5. The number of aliphatic hydroxyl groups excluding tert-OH is 1. The molecule has 0 amide bonds. The lowest BCUT2D eigenvalue weighted by Gasteiger charge is -2.22. The van der Waals surface area contributed by atoms with Crippen molar-refractivity contribution in [3.63, 3.8) is 0 Å². The largest absolute Gasteiger partial charge is 0.499 e. The van der Waals surface area contributed by atoms with E-state index in [0.717, 1.165) is 19.6 Å². The van der Waals surface area contributed by atoms with Crippen LogP contribution in [0.1, 0.15) is 32.6 Å². The fraction of sp³-hybridized carbons (Fsp3) is 0.833. The molecule has 3 heteroatoms. The summed E-state index contributed by atoms with van der Waals surface area (Å²) in [5.74, 6) is 0. The van der Waals surface area contributed by atoms with E-state index < -0.39 is 0 Å². The van der Waals surface area contributed by atoms with Gasteiger partial charge in [-0.2, -0.15) is 0 Å². The smallest absolute Gasteiger partial charge is 0.114 e. The maximum atomic E-state index is 9.72. The van der Waals surface area contributed by atoms with Crippen LogP contribution in [0.3, 0.4) is 0 Å². The molecule has 0 spiro atoms. The summed E-state index contributed by atoms with van der Waals surface area (Å²) >= 11 is 0. The van der Waals surface area contributed by atoms with Crippen LogP contribution in [0, 0.1) is 0 Å². The molecule has 1 aliphatic heterocycles. The van der Waals surface area contributed by atoms with Crippen LogP contribution in [0.25, 0.3) is 0 Å². The quantitative estimate of drug-likeness (QED) is 0.707. The van der Waals surface area contributed by atoms with Crippen molar-refractivity contribution in [2.45, 2.75) is 38.7 Å². The molecule has 1 atom stereocenters. The maximum absolute atomic E-state index is 9.72. The summed E-state index contributed by atoms with van der Waals surface area (Å²) in [5, 5.41) is 9.72. The number of rotatable bonds is 5. The number of aliphatic hydroxyl groups is 1. The van der Waals surface area contributed by atoms with Crippen LogP contribution in [-0.4, -0.2) is 42.4 Å². The zero-order chi connectivity index (χ0) is 10.9. The second-order valence-electron chi connectivity index (χ2n) is 4.17. The maximum Gasteiger partial charge on any atom is 0.114 e. The number of hydrogen-bond acceptors (Lipinski definition) is 3. The van der Waals surface area contributed by atoms with Gasteiger partial charge in [0.1, 0.15) is 12.7 Å². The Morgan fingerprint density at radius 2 is 1.93 bits per heavy atom. The number of allylic oxidation sites excluding steroid dienone is 1. The van der Waals surface area contributed by atoms with E-state index >= 15 is 0 Å². The number of ether oxygens (including phenoxy) is 1. The van der Waals surface area contributed by atoms with Crippen LogP contribution in [0.2, 0.25) is 0 Å². The summed E-state index contributed by atoms with van der Waals surface area (Å²) in [7, 11) is 0. The fourth-order valence-electron chi connectivity index (χ4n) is 1.93. The Balaban J connectivity index is 2.14. The van der Waals surface area contributed by atoms with Crippen LogP contribution in [0.4, 0.5) is 0 Å². The standard InChI is InChI=1S/C12H23NO2/c1-2-9-15-11-12(14)10-13-7-5-3-4-6-8-13/h2,9,12,14H,3-8,10-11H2,1H3/b9-2+/t12-/m0/s1. The van der Waals surface area contributed by atoms with Crippen LogP contribution >= 0.6 is 0 Å². The molecule has 0 aliphatic carbocycles. The van der Waals surface area contributed by atoms with Gasteiger partial charge in [-0.3, -0.25) is 0 Å². The van der Waals surface area contributed by atoms with Gasteiger partial charge in [-0.15, -0.1) is 0 Å². The predicted octanol–water partition coefficient (Wildman–Crippen LogP) is 1.77. The lowest BCUT2D eigenvalue weighted by molar-refractivity contribution is 0.0527. The minimum atomic E-state index is -0.362. The van der Waals surface area contributed by atoms with Crippen molar-refractivity contribution in [3.8, 4) is 0 Å². The molecule has 0 aromatic carbocycles. The highest BCUT2D eigenvalue weighted by Crippen LogP contribution is 2.09. The fourth-order valence-corrected chi connectivity index (χ4v) is 1.93. The molecule has 0 saturated carbocycles. The van der Waals surface area contributed by atoms with Gasteiger partial charge in [-0.05, 0) is 32.9 Å². The molecule has 1 fully saturated rings. The predicted molar refractivity (Wildman–Crippen MR) is 61.7 cm³/mol. The molecule has 0 radical (unpaired) electrons. The minimum absolute atomic E-state index is 0.362. The van der Waals surface area contributed by atoms with Gasteiger partial charge in [-0.1, -0.05) is 18.9 Å². The zero-order valence-electron chi connectivity index (χ0n) is 9.69. The summed E-state index contributed by atoms with van der Waals surface area (Å²) in [5.41, 5.74) is 0. The second kappa shape index (κ2) is 7.71. The van der Waals surface area contributed by atoms with Gasteiger partial charge in [0.2, 0.25) is 0 Å². The monoisotopic (exact) mass is 213 g/mol. The lowest BCUT2D eigenvalue weighted by atomic mass is 10.2.